The molecule has 0 saturated heterocycles. The molecule has 7 heteroatoms. The summed E-state index contributed by atoms with van der Waals surface area (Å²) in [7, 11) is 0.132. The molecule has 0 fully saturated rings. The Hall–Kier alpha value is -2.64. The Balaban J connectivity index is 1.74. The number of hydrogen-bond donors (Lipinski definition) is 1. The average molecular weight is 581 g/mol. The zero-order valence-corrected chi connectivity index (χ0v) is 26.5. The monoisotopic (exact) mass is 580 g/mol. The standard InChI is InChI=1S/C34H48N2O4S/c1-7-10-27-19-23(3)13-15-30(27)28-21-36-18-17-26(8-2)32(39-6)12-9-11-24(4)25(5)34(37)35-41(38)29-14-16-33(40-22-28)31(36)20-29/h9,12-16,19-20,24-26,28,32H,7-8,10-11,17-18,21-22H2,1-6H3,(H,35,37)/b12-9+. The lowest BCUT2D eigenvalue weighted by molar-refractivity contribution is -0.123. The molecule has 1 amide bonds. The molecule has 41 heavy (non-hydrogen) atoms. The molecule has 0 radical (unpaired) electrons. The molecule has 2 aromatic rings. The van der Waals surface area contributed by atoms with Crippen LogP contribution >= 0.6 is 0 Å². The molecule has 2 aromatic carbocycles. The molecule has 0 saturated carbocycles. The van der Waals surface area contributed by atoms with Crippen LogP contribution < -0.4 is 14.4 Å². The molecule has 6 unspecified atom stereocenters. The van der Waals surface area contributed by atoms with E-state index in [0.29, 0.717) is 17.4 Å². The highest BCUT2D eigenvalue weighted by atomic mass is 32.2. The van der Waals surface area contributed by atoms with Gasteiger partial charge in [0.25, 0.3) is 0 Å². The highest BCUT2D eigenvalue weighted by Crippen LogP contribution is 2.38. The van der Waals surface area contributed by atoms with Crippen molar-refractivity contribution in [2.45, 2.75) is 83.6 Å². The van der Waals surface area contributed by atoms with Crippen LogP contribution in [0.1, 0.15) is 76.0 Å². The second-order valence-electron chi connectivity index (χ2n) is 11.9. The topological polar surface area (TPSA) is 67.9 Å². The van der Waals surface area contributed by atoms with Gasteiger partial charge in [0, 0.05) is 32.0 Å². The van der Waals surface area contributed by atoms with Crippen molar-refractivity contribution < 1.29 is 18.5 Å². The number of carbonyl (C=O) groups is 1. The smallest absolute Gasteiger partial charge is 0.235 e. The van der Waals surface area contributed by atoms with Crippen LogP contribution in [-0.4, -0.2) is 43.0 Å². The number of ether oxygens (including phenoxy) is 2. The molecular weight excluding hydrogens is 532 g/mol. The molecule has 0 spiro atoms. The van der Waals surface area contributed by atoms with E-state index < -0.39 is 11.0 Å². The molecule has 2 aliphatic rings. The molecule has 4 rings (SSSR count). The van der Waals surface area contributed by atoms with Crippen LogP contribution in [0.2, 0.25) is 0 Å². The highest BCUT2D eigenvalue weighted by molar-refractivity contribution is 7.83. The Morgan fingerprint density at radius 1 is 1.15 bits per heavy atom. The Kier molecular flexibility index (Phi) is 11.1. The molecule has 6 atom stereocenters. The average Bonchev–Trinajstić information content (AvgIpc) is 3.14. The SMILES string of the molecule is CCCc1cc(C)ccc1C1COc2ccc3cc2N(CCC(CC)C(OC)/C=C/CC(C)C(C)C(=O)NS3=O)C1. The maximum Gasteiger partial charge on any atom is 0.235 e. The normalized spacial score (nSPS) is 28.3. The van der Waals surface area contributed by atoms with Crippen molar-refractivity contribution in [3.63, 3.8) is 0 Å². The highest BCUT2D eigenvalue weighted by Gasteiger charge is 2.29. The second-order valence-corrected chi connectivity index (χ2v) is 13.1. The number of hydrogen-bond acceptors (Lipinski definition) is 5. The molecule has 2 heterocycles. The molecule has 2 aliphatic heterocycles. The zero-order valence-electron chi connectivity index (χ0n) is 25.7. The number of anilines is 1. The van der Waals surface area contributed by atoms with Crippen molar-refractivity contribution in [3.05, 3.63) is 65.2 Å². The van der Waals surface area contributed by atoms with Crippen molar-refractivity contribution in [2.75, 3.05) is 31.7 Å². The maximum absolute atomic E-state index is 13.3. The van der Waals surface area contributed by atoms with Crippen molar-refractivity contribution >= 4 is 22.6 Å². The minimum absolute atomic E-state index is 0.00910. The maximum atomic E-state index is 13.3. The first-order valence-electron chi connectivity index (χ1n) is 15.3. The quantitative estimate of drug-likeness (QED) is 0.397. The minimum atomic E-state index is -1.65. The lowest BCUT2D eigenvalue weighted by Gasteiger charge is -2.31. The van der Waals surface area contributed by atoms with Gasteiger partial charge in [0.2, 0.25) is 5.91 Å². The van der Waals surface area contributed by atoms with E-state index in [1.165, 1.54) is 16.7 Å². The number of allylic oxidation sites excluding steroid dienone is 1. The Morgan fingerprint density at radius 2 is 1.95 bits per heavy atom. The first kappa shape index (κ1) is 31.3. The van der Waals surface area contributed by atoms with E-state index in [2.05, 4.69) is 67.7 Å². The summed E-state index contributed by atoms with van der Waals surface area (Å²) in [4.78, 5) is 16.0. The van der Waals surface area contributed by atoms with E-state index in [9.17, 15) is 9.00 Å². The van der Waals surface area contributed by atoms with Gasteiger partial charge in [0.05, 0.1) is 23.3 Å². The number of amides is 1. The van der Waals surface area contributed by atoms with E-state index in [0.717, 1.165) is 56.6 Å². The van der Waals surface area contributed by atoms with Gasteiger partial charge < -0.3 is 14.4 Å². The van der Waals surface area contributed by atoms with Crippen LogP contribution in [0.15, 0.2) is 53.4 Å². The van der Waals surface area contributed by atoms with Gasteiger partial charge >= 0.3 is 0 Å². The fourth-order valence-corrected chi connectivity index (χ4v) is 6.99. The van der Waals surface area contributed by atoms with Gasteiger partial charge in [0.15, 0.2) is 11.0 Å². The van der Waals surface area contributed by atoms with Crippen molar-refractivity contribution in [1.29, 1.82) is 0 Å². The van der Waals surface area contributed by atoms with E-state index in [4.69, 9.17) is 9.47 Å². The lowest BCUT2D eigenvalue weighted by Crippen LogP contribution is -2.34. The van der Waals surface area contributed by atoms with Gasteiger partial charge in [-0.15, -0.1) is 0 Å². The number of nitrogens with zero attached hydrogens (tertiary/aromatic N) is 1. The van der Waals surface area contributed by atoms with E-state index in [-0.39, 0.29) is 29.8 Å². The molecule has 1 N–H and O–H groups in total. The van der Waals surface area contributed by atoms with E-state index in [1.807, 2.05) is 25.1 Å². The first-order chi connectivity index (χ1) is 19.7. The number of nitrogens with one attached hydrogen (secondary N) is 1. The molecule has 0 aliphatic carbocycles. The fourth-order valence-electron chi connectivity index (χ4n) is 6.09. The van der Waals surface area contributed by atoms with E-state index >= 15 is 0 Å². The van der Waals surface area contributed by atoms with Gasteiger partial charge in [-0.2, -0.15) is 0 Å². The number of fused-ring (bicyclic) bond motifs is 1. The number of aryl methyl sites for hydroxylation is 2. The summed E-state index contributed by atoms with van der Waals surface area (Å²) >= 11 is 0. The van der Waals surface area contributed by atoms with Crippen LogP contribution in [0.25, 0.3) is 0 Å². The van der Waals surface area contributed by atoms with Gasteiger partial charge in [-0.1, -0.05) is 76.5 Å². The van der Waals surface area contributed by atoms with Crippen molar-refractivity contribution in [3.8, 4) is 5.75 Å². The third-order valence-electron chi connectivity index (χ3n) is 8.95. The van der Waals surface area contributed by atoms with Crippen molar-refractivity contribution in [2.24, 2.45) is 17.8 Å². The van der Waals surface area contributed by atoms with Crippen LogP contribution in [0.5, 0.6) is 5.75 Å². The lowest BCUT2D eigenvalue weighted by atomic mass is 9.90. The summed E-state index contributed by atoms with van der Waals surface area (Å²) < 4.78 is 28.5. The molecular formula is C34H48N2O4S. The second kappa shape index (κ2) is 14.5. The molecule has 0 aromatic heterocycles. The minimum Gasteiger partial charge on any atom is -0.491 e. The predicted octanol–water partition coefficient (Wildman–Crippen LogP) is 6.73. The predicted molar refractivity (Wildman–Crippen MR) is 168 cm³/mol. The summed E-state index contributed by atoms with van der Waals surface area (Å²) in [6.07, 6.45) is 9.18. The summed E-state index contributed by atoms with van der Waals surface area (Å²) in [5, 5.41) is 0. The van der Waals surface area contributed by atoms with Crippen molar-refractivity contribution in [1.82, 2.24) is 4.72 Å². The van der Waals surface area contributed by atoms with Gasteiger partial charge in [0.1, 0.15) is 5.75 Å². The molecule has 6 nitrogen and oxygen atoms in total. The fraction of sp³-hybridized carbons (Fsp3) is 0.559. The number of carbonyl (C=O) groups excluding carboxylic acids is 1. The van der Waals surface area contributed by atoms with Crippen LogP contribution in [0.3, 0.4) is 0 Å². The Morgan fingerprint density at radius 3 is 2.68 bits per heavy atom. The van der Waals surface area contributed by atoms with Gasteiger partial charge in [-0.3, -0.25) is 9.52 Å². The Bertz CT molecular complexity index is 1250. The molecule has 2 bridgehead atoms. The van der Waals surface area contributed by atoms with Gasteiger partial charge in [-0.05, 0) is 67.3 Å². The third kappa shape index (κ3) is 7.61. The Labute approximate surface area is 249 Å². The number of rotatable bonds is 5. The third-order valence-corrected chi connectivity index (χ3v) is 10.0. The van der Waals surface area contributed by atoms with E-state index in [1.54, 1.807) is 7.11 Å². The summed E-state index contributed by atoms with van der Waals surface area (Å²) in [5.74, 6) is 0.983. The first-order valence-corrected chi connectivity index (χ1v) is 16.4. The van der Waals surface area contributed by atoms with Crippen LogP contribution in [0, 0.1) is 24.7 Å². The summed E-state index contributed by atoms with van der Waals surface area (Å²) in [5.41, 5.74) is 4.96. The van der Waals surface area contributed by atoms with Crippen LogP contribution in [0.4, 0.5) is 5.69 Å². The van der Waals surface area contributed by atoms with Crippen LogP contribution in [-0.2, 0) is 26.9 Å². The largest absolute Gasteiger partial charge is 0.491 e. The zero-order chi connectivity index (χ0) is 29.5. The summed E-state index contributed by atoms with van der Waals surface area (Å²) in [6, 6.07) is 12.5. The number of methoxy groups -OCH3 is 1. The number of benzene rings is 2. The molecule has 224 valence electrons. The summed E-state index contributed by atoms with van der Waals surface area (Å²) in [6.45, 7) is 12.8. The van der Waals surface area contributed by atoms with Gasteiger partial charge in [-0.25, -0.2) is 4.21 Å².